The number of aryl methyl sites for hydroxylation is 2. The first-order valence-corrected chi connectivity index (χ1v) is 12.0. The third-order valence-corrected chi connectivity index (χ3v) is 7.25. The average molecular weight is 452 g/mol. The van der Waals surface area contributed by atoms with E-state index in [0.717, 1.165) is 52.3 Å². The summed E-state index contributed by atoms with van der Waals surface area (Å²) in [4.78, 5) is 22.6. The second kappa shape index (κ2) is 8.42. The van der Waals surface area contributed by atoms with Crippen LogP contribution in [-0.2, 0) is 4.74 Å². The highest BCUT2D eigenvalue weighted by Gasteiger charge is 2.22. The normalized spacial score (nSPS) is 17.7. The molecular weight excluding hydrogens is 422 g/mol. The molecule has 1 fully saturated rings. The van der Waals surface area contributed by atoms with Crippen LogP contribution in [0.1, 0.15) is 24.3 Å². The number of benzene rings is 1. The van der Waals surface area contributed by atoms with Crippen LogP contribution in [-0.4, -0.2) is 58.4 Å². The summed E-state index contributed by atoms with van der Waals surface area (Å²) in [6.45, 7) is 12.8. The summed E-state index contributed by atoms with van der Waals surface area (Å²) >= 11 is 1.56. The van der Waals surface area contributed by atoms with E-state index in [1.165, 1.54) is 4.52 Å². The number of nitrogens with zero attached hydrogens (tertiary/aromatic N) is 4. The van der Waals surface area contributed by atoms with Gasteiger partial charge in [0.15, 0.2) is 11.5 Å². The van der Waals surface area contributed by atoms with Crippen molar-refractivity contribution in [3.63, 3.8) is 0 Å². The van der Waals surface area contributed by atoms with E-state index in [1.54, 1.807) is 11.3 Å². The maximum Gasteiger partial charge on any atom is 0.283 e. The highest BCUT2D eigenvalue weighted by atomic mass is 32.1. The Bertz CT molecular complexity index is 1360. The summed E-state index contributed by atoms with van der Waals surface area (Å²) in [7, 11) is 0. The Morgan fingerprint density at radius 2 is 2.03 bits per heavy atom. The molecule has 8 heteroatoms. The molecule has 1 N–H and O–H groups in total. The molecule has 0 amide bonds. The molecule has 32 heavy (non-hydrogen) atoms. The molecule has 1 saturated heterocycles. The maximum absolute atomic E-state index is 13.4. The van der Waals surface area contributed by atoms with Crippen molar-refractivity contribution in [1.29, 1.82) is 0 Å². The fourth-order valence-corrected chi connectivity index (χ4v) is 5.54. The molecule has 1 aliphatic heterocycles. The van der Waals surface area contributed by atoms with Gasteiger partial charge in [-0.3, -0.25) is 9.69 Å². The second-order valence-corrected chi connectivity index (χ2v) is 10.2. The lowest BCUT2D eigenvalue weighted by atomic mass is 10.1. The Hall–Kier alpha value is -2.55. The third-order valence-electron chi connectivity index (χ3n) is 6.15. The van der Waals surface area contributed by atoms with Crippen molar-refractivity contribution >= 4 is 43.8 Å². The Labute approximate surface area is 191 Å². The molecule has 7 nitrogen and oxygen atoms in total. The Balaban J connectivity index is 1.54. The van der Waals surface area contributed by atoms with Crippen LogP contribution in [0.5, 0.6) is 0 Å². The lowest BCUT2D eigenvalue weighted by Gasteiger charge is -2.34. The fraction of sp³-hybridized carbons (Fsp3) is 0.458. The molecule has 1 atom stereocenters. The van der Waals surface area contributed by atoms with Crippen LogP contribution < -0.4 is 10.9 Å². The highest BCUT2D eigenvalue weighted by Crippen LogP contribution is 2.29. The molecule has 0 saturated carbocycles. The minimum atomic E-state index is -0.113. The summed E-state index contributed by atoms with van der Waals surface area (Å²) in [6, 6.07) is 7.99. The van der Waals surface area contributed by atoms with Crippen molar-refractivity contribution < 1.29 is 4.74 Å². The first-order valence-electron chi connectivity index (χ1n) is 11.2. The molecule has 0 spiro atoms. The number of thiophene rings is 1. The average Bonchev–Trinajstić information content (AvgIpc) is 3.06. The molecule has 168 valence electrons. The number of anilines is 1. The number of hydrogen-bond acceptors (Lipinski definition) is 7. The number of aromatic nitrogens is 3. The Kier molecular flexibility index (Phi) is 5.61. The summed E-state index contributed by atoms with van der Waals surface area (Å²) in [5.74, 6) is 1.32. The van der Waals surface area contributed by atoms with Gasteiger partial charge in [0.25, 0.3) is 5.56 Å². The molecule has 0 radical (unpaired) electrons. The van der Waals surface area contributed by atoms with E-state index in [9.17, 15) is 4.79 Å². The minimum absolute atomic E-state index is 0.0813. The lowest BCUT2D eigenvalue weighted by Crippen LogP contribution is -2.46. The summed E-state index contributed by atoms with van der Waals surface area (Å²) < 4.78 is 7.46. The summed E-state index contributed by atoms with van der Waals surface area (Å²) in [5, 5.41) is 10.7. The number of ether oxygens (including phenoxy) is 1. The molecule has 1 aromatic carbocycles. The largest absolute Gasteiger partial charge is 0.374 e. The first-order chi connectivity index (χ1) is 15.4. The molecule has 4 heterocycles. The van der Waals surface area contributed by atoms with Crippen LogP contribution in [0.2, 0.25) is 0 Å². The molecule has 1 aliphatic rings. The van der Waals surface area contributed by atoms with Gasteiger partial charge in [-0.1, -0.05) is 38.1 Å². The molecule has 4 aromatic rings. The van der Waals surface area contributed by atoms with Crippen molar-refractivity contribution in [2.24, 2.45) is 5.92 Å². The van der Waals surface area contributed by atoms with Gasteiger partial charge >= 0.3 is 0 Å². The van der Waals surface area contributed by atoms with E-state index < -0.39 is 0 Å². The molecular formula is C24H29N5O2S. The van der Waals surface area contributed by atoms with Gasteiger partial charge < -0.3 is 10.1 Å². The lowest BCUT2D eigenvalue weighted by molar-refractivity contribution is -0.0244. The van der Waals surface area contributed by atoms with E-state index >= 15 is 0 Å². The van der Waals surface area contributed by atoms with E-state index in [2.05, 4.69) is 24.1 Å². The van der Waals surface area contributed by atoms with Crippen LogP contribution in [0, 0.1) is 19.8 Å². The summed E-state index contributed by atoms with van der Waals surface area (Å²) in [6.07, 6.45) is 0.0813. The molecule has 0 aliphatic carbocycles. The topological polar surface area (TPSA) is 71.8 Å². The molecule has 0 bridgehead atoms. The summed E-state index contributed by atoms with van der Waals surface area (Å²) in [5.41, 5.74) is 1.47. The van der Waals surface area contributed by atoms with Crippen molar-refractivity contribution in [2.45, 2.75) is 33.8 Å². The standard InChI is InChI=1S/C24H29N5O2S/c1-14(2)12-28-9-10-31-17(13-28)11-25-21-18-7-5-6-8-19(18)22-26-23-20(15(3)16(4)32-23)24(30)29(22)27-21/h5-8,14,17H,9-13H2,1-4H3,(H,25,27)/t17-/m0/s1. The van der Waals surface area contributed by atoms with Gasteiger partial charge in [-0.2, -0.15) is 4.52 Å². The number of nitrogens with one attached hydrogen (secondary N) is 1. The minimum Gasteiger partial charge on any atom is -0.374 e. The van der Waals surface area contributed by atoms with Crippen LogP contribution >= 0.6 is 11.3 Å². The zero-order valence-electron chi connectivity index (χ0n) is 19.0. The van der Waals surface area contributed by atoms with Gasteiger partial charge in [0.1, 0.15) is 4.83 Å². The predicted octanol–water partition coefficient (Wildman–Crippen LogP) is 3.84. The van der Waals surface area contributed by atoms with Gasteiger partial charge in [-0.15, -0.1) is 16.4 Å². The van der Waals surface area contributed by atoms with Crippen LogP contribution in [0.4, 0.5) is 5.82 Å². The van der Waals surface area contributed by atoms with Crippen LogP contribution in [0.3, 0.4) is 0 Å². The van der Waals surface area contributed by atoms with Gasteiger partial charge in [-0.05, 0) is 25.3 Å². The molecule has 5 rings (SSSR count). The van der Waals surface area contributed by atoms with E-state index in [-0.39, 0.29) is 11.7 Å². The van der Waals surface area contributed by atoms with Gasteiger partial charge in [0.05, 0.1) is 18.1 Å². The third kappa shape index (κ3) is 3.76. The maximum atomic E-state index is 13.4. The van der Waals surface area contributed by atoms with Crippen molar-refractivity contribution in [2.75, 3.05) is 38.1 Å². The predicted molar refractivity (Wildman–Crippen MR) is 131 cm³/mol. The van der Waals surface area contributed by atoms with Crippen molar-refractivity contribution in [3.8, 4) is 0 Å². The SMILES string of the molecule is Cc1sc2nc3c4ccccc4c(NC[C@H]4CN(CC(C)C)CCO4)nn3c(=O)c2c1C. The van der Waals surface area contributed by atoms with Crippen molar-refractivity contribution in [3.05, 3.63) is 45.1 Å². The number of morpholine rings is 1. The van der Waals surface area contributed by atoms with E-state index in [4.69, 9.17) is 14.8 Å². The zero-order chi connectivity index (χ0) is 22.4. The van der Waals surface area contributed by atoms with Crippen LogP contribution in [0.15, 0.2) is 29.1 Å². The zero-order valence-corrected chi connectivity index (χ0v) is 19.8. The van der Waals surface area contributed by atoms with Crippen molar-refractivity contribution in [1.82, 2.24) is 19.5 Å². The van der Waals surface area contributed by atoms with Gasteiger partial charge in [0.2, 0.25) is 0 Å². The molecule has 3 aromatic heterocycles. The van der Waals surface area contributed by atoms with E-state index in [1.807, 2.05) is 38.1 Å². The number of rotatable bonds is 5. The fourth-order valence-electron chi connectivity index (χ4n) is 4.52. The highest BCUT2D eigenvalue weighted by molar-refractivity contribution is 7.18. The Morgan fingerprint density at radius 3 is 2.81 bits per heavy atom. The van der Waals surface area contributed by atoms with E-state index in [0.29, 0.717) is 29.3 Å². The number of fused-ring (bicyclic) bond motifs is 4. The smallest absolute Gasteiger partial charge is 0.283 e. The first kappa shape index (κ1) is 21.3. The quantitative estimate of drug-likeness (QED) is 0.465. The monoisotopic (exact) mass is 451 g/mol. The van der Waals surface area contributed by atoms with Crippen LogP contribution in [0.25, 0.3) is 26.6 Å². The van der Waals surface area contributed by atoms with Gasteiger partial charge in [0, 0.05) is 41.8 Å². The Morgan fingerprint density at radius 1 is 1.25 bits per heavy atom. The second-order valence-electron chi connectivity index (χ2n) is 9.04. The van der Waals surface area contributed by atoms with Gasteiger partial charge in [-0.25, -0.2) is 4.98 Å². The molecule has 0 unspecified atom stereocenters. The number of hydrogen-bond donors (Lipinski definition) is 1.